The first kappa shape index (κ1) is 9.13. The molecule has 1 N–H and O–H groups in total. The molecule has 0 spiro atoms. The van der Waals surface area contributed by atoms with Crippen molar-refractivity contribution in [3.63, 3.8) is 0 Å². The fourth-order valence-electron chi connectivity index (χ4n) is 2.35. The van der Waals surface area contributed by atoms with Crippen LogP contribution in [0, 0.1) is 5.92 Å². The van der Waals surface area contributed by atoms with Gasteiger partial charge in [0.1, 0.15) is 5.82 Å². The van der Waals surface area contributed by atoms with E-state index >= 15 is 0 Å². The van der Waals surface area contributed by atoms with Gasteiger partial charge in [-0.1, -0.05) is 0 Å². The first-order chi connectivity index (χ1) is 7.33. The summed E-state index contributed by atoms with van der Waals surface area (Å²) in [6.07, 6.45) is 7.83. The van der Waals surface area contributed by atoms with Gasteiger partial charge in [-0.3, -0.25) is 4.79 Å². The van der Waals surface area contributed by atoms with Gasteiger partial charge in [0, 0.05) is 12.0 Å². The third-order valence-corrected chi connectivity index (χ3v) is 3.42. The highest BCUT2D eigenvalue weighted by atomic mass is 16.1. The molecule has 0 amide bonds. The molecular formula is C12H16N2O. The van der Waals surface area contributed by atoms with Crippen LogP contribution in [0.1, 0.15) is 42.8 Å². The molecule has 3 rings (SSSR count). The summed E-state index contributed by atoms with van der Waals surface area (Å²) < 4.78 is 0. The van der Waals surface area contributed by atoms with Gasteiger partial charge in [-0.05, 0) is 44.4 Å². The molecule has 0 bridgehead atoms. The lowest BCUT2D eigenvalue weighted by molar-refractivity contribution is 0.639. The van der Waals surface area contributed by atoms with E-state index in [1.807, 2.05) is 0 Å². The van der Waals surface area contributed by atoms with E-state index in [4.69, 9.17) is 0 Å². The van der Waals surface area contributed by atoms with Gasteiger partial charge in [0.05, 0.1) is 5.69 Å². The molecule has 2 aliphatic rings. The molecule has 3 heteroatoms. The third-order valence-electron chi connectivity index (χ3n) is 3.42. The average molecular weight is 204 g/mol. The molecule has 0 saturated heterocycles. The standard InChI is InChI=1S/C12H16N2O/c15-12-9-3-1-2-4-10(9)13-11(14-12)7-8-5-6-8/h8H,1-7H2,(H,13,14,15). The first-order valence-electron chi connectivity index (χ1n) is 5.94. The van der Waals surface area contributed by atoms with Crippen molar-refractivity contribution in [1.29, 1.82) is 0 Å². The molecule has 80 valence electrons. The maximum absolute atomic E-state index is 11.8. The zero-order valence-corrected chi connectivity index (χ0v) is 8.88. The van der Waals surface area contributed by atoms with Gasteiger partial charge >= 0.3 is 0 Å². The zero-order chi connectivity index (χ0) is 10.3. The van der Waals surface area contributed by atoms with E-state index in [-0.39, 0.29) is 5.56 Å². The number of aromatic nitrogens is 2. The maximum atomic E-state index is 11.8. The molecule has 1 fully saturated rings. The number of aromatic amines is 1. The lowest BCUT2D eigenvalue weighted by Gasteiger charge is -2.14. The fraction of sp³-hybridized carbons (Fsp3) is 0.667. The molecular weight excluding hydrogens is 188 g/mol. The smallest absolute Gasteiger partial charge is 0.254 e. The summed E-state index contributed by atoms with van der Waals surface area (Å²) in [5.41, 5.74) is 2.14. The third kappa shape index (κ3) is 1.83. The summed E-state index contributed by atoms with van der Waals surface area (Å²) in [5, 5.41) is 0. The minimum Gasteiger partial charge on any atom is -0.310 e. The van der Waals surface area contributed by atoms with Crippen molar-refractivity contribution in [3.05, 3.63) is 27.4 Å². The van der Waals surface area contributed by atoms with Crippen molar-refractivity contribution in [3.8, 4) is 0 Å². The Balaban J connectivity index is 1.96. The quantitative estimate of drug-likeness (QED) is 0.795. The maximum Gasteiger partial charge on any atom is 0.254 e. The molecule has 3 nitrogen and oxygen atoms in total. The first-order valence-corrected chi connectivity index (χ1v) is 5.94. The van der Waals surface area contributed by atoms with Crippen LogP contribution in [0.5, 0.6) is 0 Å². The van der Waals surface area contributed by atoms with E-state index < -0.39 is 0 Å². The van der Waals surface area contributed by atoms with Crippen LogP contribution in [0.15, 0.2) is 4.79 Å². The van der Waals surface area contributed by atoms with Gasteiger partial charge in [0.2, 0.25) is 0 Å². The zero-order valence-electron chi connectivity index (χ0n) is 8.88. The van der Waals surface area contributed by atoms with Crippen LogP contribution in [0.4, 0.5) is 0 Å². The number of rotatable bonds is 2. The minimum atomic E-state index is 0.121. The van der Waals surface area contributed by atoms with Crippen molar-refractivity contribution in [2.75, 3.05) is 0 Å². The fourth-order valence-corrected chi connectivity index (χ4v) is 2.35. The van der Waals surface area contributed by atoms with Crippen LogP contribution in [0.2, 0.25) is 0 Å². The van der Waals surface area contributed by atoms with Crippen LogP contribution < -0.4 is 5.56 Å². The predicted molar refractivity (Wildman–Crippen MR) is 57.9 cm³/mol. The Morgan fingerprint density at radius 3 is 2.87 bits per heavy atom. The summed E-state index contributed by atoms with van der Waals surface area (Å²) in [6.45, 7) is 0. The molecule has 2 aliphatic carbocycles. The van der Waals surface area contributed by atoms with Crippen LogP contribution >= 0.6 is 0 Å². The summed E-state index contributed by atoms with van der Waals surface area (Å²) in [5.74, 6) is 1.71. The van der Waals surface area contributed by atoms with Crippen LogP contribution in [0.25, 0.3) is 0 Å². The summed E-state index contributed by atoms with van der Waals surface area (Å²) in [7, 11) is 0. The minimum absolute atomic E-state index is 0.121. The highest BCUT2D eigenvalue weighted by Gasteiger charge is 2.24. The molecule has 0 aliphatic heterocycles. The Labute approximate surface area is 88.9 Å². The Kier molecular flexibility index (Phi) is 2.11. The van der Waals surface area contributed by atoms with Crippen molar-refractivity contribution >= 4 is 0 Å². The second kappa shape index (κ2) is 3.47. The van der Waals surface area contributed by atoms with Crippen LogP contribution in [-0.2, 0) is 19.3 Å². The van der Waals surface area contributed by atoms with E-state index in [0.717, 1.165) is 48.7 Å². The molecule has 1 aromatic heterocycles. The van der Waals surface area contributed by atoms with E-state index in [0.29, 0.717) is 0 Å². The lowest BCUT2D eigenvalue weighted by atomic mass is 9.97. The summed E-state index contributed by atoms with van der Waals surface area (Å²) in [4.78, 5) is 19.3. The number of aryl methyl sites for hydroxylation is 1. The Bertz CT molecular complexity index is 432. The van der Waals surface area contributed by atoms with E-state index in [2.05, 4.69) is 9.97 Å². The molecule has 15 heavy (non-hydrogen) atoms. The normalized spacial score (nSPS) is 20.0. The van der Waals surface area contributed by atoms with Gasteiger partial charge < -0.3 is 4.98 Å². The number of hydrogen-bond acceptors (Lipinski definition) is 2. The molecule has 1 heterocycles. The monoisotopic (exact) mass is 204 g/mol. The van der Waals surface area contributed by atoms with Gasteiger partial charge in [-0.15, -0.1) is 0 Å². The van der Waals surface area contributed by atoms with Crippen LogP contribution in [0.3, 0.4) is 0 Å². The van der Waals surface area contributed by atoms with Crippen molar-refractivity contribution < 1.29 is 0 Å². The van der Waals surface area contributed by atoms with E-state index in [9.17, 15) is 4.79 Å². The lowest BCUT2D eigenvalue weighted by Crippen LogP contribution is -2.23. The Morgan fingerprint density at radius 2 is 2.07 bits per heavy atom. The second-order valence-corrected chi connectivity index (χ2v) is 4.79. The highest BCUT2D eigenvalue weighted by molar-refractivity contribution is 5.20. The molecule has 1 aromatic rings. The van der Waals surface area contributed by atoms with Crippen molar-refractivity contribution in [2.45, 2.75) is 44.9 Å². The van der Waals surface area contributed by atoms with Gasteiger partial charge in [-0.2, -0.15) is 0 Å². The summed E-state index contributed by atoms with van der Waals surface area (Å²) in [6, 6.07) is 0. The van der Waals surface area contributed by atoms with Gasteiger partial charge in [0.15, 0.2) is 0 Å². The Morgan fingerprint density at radius 1 is 1.27 bits per heavy atom. The van der Waals surface area contributed by atoms with Crippen molar-refractivity contribution in [2.24, 2.45) is 5.92 Å². The number of nitrogens with zero attached hydrogens (tertiary/aromatic N) is 1. The second-order valence-electron chi connectivity index (χ2n) is 4.79. The number of nitrogens with one attached hydrogen (secondary N) is 1. The predicted octanol–water partition coefficient (Wildman–Crippen LogP) is 1.60. The van der Waals surface area contributed by atoms with Gasteiger partial charge in [0.25, 0.3) is 5.56 Å². The Hall–Kier alpha value is -1.12. The molecule has 0 radical (unpaired) electrons. The van der Waals surface area contributed by atoms with E-state index in [1.165, 1.54) is 19.3 Å². The molecule has 0 aromatic carbocycles. The topological polar surface area (TPSA) is 45.8 Å². The van der Waals surface area contributed by atoms with Gasteiger partial charge in [-0.25, -0.2) is 4.98 Å². The average Bonchev–Trinajstić information content (AvgIpc) is 3.02. The number of fused-ring (bicyclic) bond motifs is 1. The molecule has 0 unspecified atom stereocenters. The molecule has 1 saturated carbocycles. The molecule has 0 atom stereocenters. The number of hydrogen-bond donors (Lipinski definition) is 1. The SMILES string of the molecule is O=c1[nH]c(CC2CC2)nc2c1CCCC2. The highest BCUT2D eigenvalue weighted by Crippen LogP contribution is 2.31. The number of H-pyrrole nitrogens is 1. The summed E-state index contributed by atoms with van der Waals surface area (Å²) >= 11 is 0. The van der Waals surface area contributed by atoms with E-state index in [1.54, 1.807) is 0 Å². The largest absolute Gasteiger partial charge is 0.310 e. The van der Waals surface area contributed by atoms with Crippen molar-refractivity contribution in [1.82, 2.24) is 9.97 Å². The van der Waals surface area contributed by atoms with Crippen LogP contribution in [-0.4, -0.2) is 9.97 Å².